The summed E-state index contributed by atoms with van der Waals surface area (Å²) in [6, 6.07) is -0.810. The van der Waals surface area contributed by atoms with E-state index in [-0.39, 0.29) is 23.5 Å². The van der Waals surface area contributed by atoms with Gasteiger partial charge in [-0.3, -0.25) is 4.79 Å². The lowest BCUT2D eigenvalue weighted by atomic mass is 10.1. The lowest BCUT2D eigenvalue weighted by Crippen LogP contribution is -2.48. The second kappa shape index (κ2) is 8.53. The second-order valence-electron chi connectivity index (χ2n) is 9.72. The molecule has 0 unspecified atom stereocenters. The minimum absolute atomic E-state index is 0.131. The zero-order valence-electron chi connectivity index (χ0n) is 19.1. The molecule has 2 fully saturated rings. The van der Waals surface area contributed by atoms with E-state index in [1.54, 1.807) is 20.8 Å². The molecule has 4 rings (SSSR count). The number of hydrogen-bond acceptors (Lipinski definition) is 6. The number of fused-ring (bicyclic) bond motifs is 1. The first-order valence-electron chi connectivity index (χ1n) is 11.1. The van der Waals surface area contributed by atoms with Crippen molar-refractivity contribution in [3.05, 3.63) is 39.7 Å². The van der Waals surface area contributed by atoms with Crippen LogP contribution in [0.4, 0.5) is 19.3 Å². The number of aromatic nitrogens is 1. The van der Waals surface area contributed by atoms with Gasteiger partial charge in [-0.15, -0.1) is 0 Å². The molecule has 9 nitrogen and oxygen atoms in total. The second-order valence-corrected chi connectivity index (χ2v) is 9.72. The van der Waals surface area contributed by atoms with Crippen LogP contribution in [0.5, 0.6) is 0 Å². The van der Waals surface area contributed by atoms with Crippen molar-refractivity contribution in [3.63, 3.8) is 0 Å². The Hall–Kier alpha value is -3.21. The molecule has 1 saturated carbocycles. The summed E-state index contributed by atoms with van der Waals surface area (Å²) in [6.07, 6.45) is 2.05. The Bertz CT molecular complexity index is 1220. The van der Waals surface area contributed by atoms with Crippen LogP contribution < -0.4 is 15.6 Å². The highest BCUT2D eigenvalue weighted by molar-refractivity contribution is 5.94. The van der Waals surface area contributed by atoms with Gasteiger partial charge >= 0.3 is 12.1 Å². The van der Waals surface area contributed by atoms with Gasteiger partial charge in [-0.05, 0) is 46.1 Å². The van der Waals surface area contributed by atoms with Crippen LogP contribution >= 0.6 is 0 Å². The van der Waals surface area contributed by atoms with Crippen LogP contribution in [0.3, 0.4) is 0 Å². The normalized spacial score (nSPS) is 20.6. The average Bonchev–Trinajstić information content (AvgIpc) is 3.49. The third kappa shape index (κ3) is 4.31. The SMILES string of the molecule is CC(C)(C)OC(=O)N[C@@H]1CCN(c2c(F)cc3c(=O)c(C(=O)O)cn(C4CC4)c3c2F)[C@@H]1CO. The summed E-state index contributed by atoms with van der Waals surface area (Å²) in [5.74, 6) is -3.53. The third-order valence-electron chi connectivity index (χ3n) is 6.08. The van der Waals surface area contributed by atoms with Crippen LogP contribution in [0.25, 0.3) is 10.9 Å². The molecule has 0 bridgehead atoms. The van der Waals surface area contributed by atoms with E-state index in [1.807, 2.05) is 0 Å². The number of carboxylic acids is 1. The number of aliphatic hydroxyl groups is 1. The van der Waals surface area contributed by atoms with Gasteiger partial charge < -0.3 is 29.7 Å². The van der Waals surface area contributed by atoms with Gasteiger partial charge in [0.1, 0.15) is 22.7 Å². The van der Waals surface area contributed by atoms with E-state index in [9.17, 15) is 24.6 Å². The Balaban J connectivity index is 1.77. The van der Waals surface area contributed by atoms with Crippen molar-refractivity contribution in [2.45, 2.75) is 63.8 Å². The van der Waals surface area contributed by atoms with Gasteiger partial charge in [0, 0.05) is 18.8 Å². The van der Waals surface area contributed by atoms with Crippen LogP contribution in [0.1, 0.15) is 56.4 Å². The van der Waals surface area contributed by atoms with Crippen LogP contribution in [0.2, 0.25) is 0 Å². The number of anilines is 1. The van der Waals surface area contributed by atoms with E-state index in [0.717, 1.165) is 12.3 Å². The molecule has 0 radical (unpaired) electrons. The monoisotopic (exact) mass is 479 g/mol. The molecule has 1 aromatic carbocycles. The van der Waals surface area contributed by atoms with E-state index in [4.69, 9.17) is 4.74 Å². The van der Waals surface area contributed by atoms with Crippen LogP contribution in [-0.4, -0.2) is 57.7 Å². The molecule has 3 N–H and O–H groups in total. The van der Waals surface area contributed by atoms with Gasteiger partial charge in [-0.2, -0.15) is 0 Å². The molecule has 0 spiro atoms. The number of carbonyl (C=O) groups excluding carboxylic acids is 1. The van der Waals surface area contributed by atoms with Crippen LogP contribution in [0, 0.1) is 11.6 Å². The molecule has 2 atom stereocenters. The highest BCUT2D eigenvalue weighted by Crippen LogP contribution is 2.40. The van der Waals surface area contributed by atoms with Crippen molar-refractivity contribution in [1.82, 2.24) is 9.88 Å². The number of alkyl carbamates (subject to hydrolysis) is 1. The van der Waals surface area contributed by atoms with E-state index >= 15 is 8.78 Å². The zero-order valence-corrected chi connectivity index (χ0v) is 19.1. The lowest BCUT2D eigenvalue weighted by molar-refractivity contribution is 0.0495. The molecule has 1 aliphatic heterocycles. The van der Waals surface area contributed by atoms with Crippen molar-refractivity contribution in [3.8, 4) is 0 Å². The third-order valence-corrected chi connectivity index (χ3v) is 6.08. The van der Waals surface area contributed by atoms with Gasteiger partial charge in [-0.25, -0.2) is 18.4 Å². The molecule has 2 aromatic rings. The summed E-state index contributed by atoms with van der Waals surface area (Å²) in [6.45, 7) is 4.74. The number of halogens is 2. The summed E-state index contributed by atoms with van der Waals surface area (Å²) in [5, 5.41) is 21.7. The number of carbonyl (C=O) groups is 2. The molecule has 184 valence electrons. The summed E-state index contributed by atoms with van der Waals surface area (Å²) in [5.41, 5.74) is -2.86. The number of pyridine rings is 1. The molecule has 34 heavy (non-hydrogen) atoms. The number of aliphatic hydroxyl groups excluding tert-OH is 1. The number of amides is 1. The Morgan fingerprint density at radius 1 is 1.24 bits per heavy atom. The van der Waals surface area contributed by atoms with Crippen molar-refractivity contribution in [1.29, 1.82) is 0 Å². The standard InChI is InChI=1S/C23H27F2N3O6/c1-23(2,3)34-22(33)26-15-6-7-27(16(15)10-29)19-14(24)8-12-18(17(19)25)28(11-4-5-11)9-13(20(12)30)21(31)32/h8-9,11,15-16,29H,4-7,10H2,1-3H3,(H,26,33)(H,31,32)/t15-,16-/m1/s1. The van der Waals surface area contributed by atoms with E-state index < -0.39 is 64.7 Å². The number of ether oxygens (including phenoxy) is 1. The fourth-order valence-corrected chi connectivity index (χ4v) is 4.47. The number of benzene rings is 1. The van der Waals surface area contributed by atoms with Crippen molar-refractivity contribution in [2.75, 3.05) is 18.1 Å². The summed E-state index contributed by atoms with van der Waals surface area (Å²) in [4.78, 5) is 37.7. The number of carboxylic acid groups (broad SMARTS) is 1. The van der Waals surface area contributed by atoms with Crippen molar-refractivity contribution < 1.29 is 33.3 Å². The van der Waals surface area contributed by atoms with E-state index in [2.05, 4.69) is 5.32 Å². The molecule has 1 aromatic heterocycles. The Kier molecular flexibility index (Phi) is 6.01. The Morgan fingerprint density at radius 3 is 2.47 bits per heavy atom. The van der Waals surface area contributed by atoms with Crippen molar-refractivity contribution in [2.24, 2.45) is 0 Å². The quantitative estimate of drug-likeness (QED) is 0.603. The number of aromatic carboxylic acids is 1. The van der Waals surface area contributed by atoms with Gasteiger partial charge in [0.15, 0.2) is 5.82 Å². The van der Waals surface area contributed by atoms with E-state index in [1.165, 1.54) is 9.47 Å². The smallest absolute Gasteiger partial charge is 0.407 e. The molecular weight excluding hydrogens is 452 g/mol. The average molecular weight is 479 g/mol. The largest absolute Gasteiger partial charge is 0.477 e. The molecule has 2 aliphatic rings. The van der Waals surface area contributed by atoms with Gasteiger partial charge in [0.05, 0.1) is 29.6 Å². The maximum absolute atomic E-state index is 15.9. The summed E-state index contributed by atoms with van der Waals surface area (Å²) < 4.78 is 37.8. The predicted molar refractivity (Wildman–Crippen MR) is 119 cm³/mol. The molecule has 2 heterocycles. The fraction of sp³-hybridized carbons (Fsp3) is 0.522. The fourth-order valence-electron chi connectivity index (χ4n) is 4.47. The topological polar surface area (TPSA) is 121 Å². The number of rotatable bonds is 5. The van der Waals surface area contributed by atoms with Gasteiger partial charge in [-0.1, -0.05) is 0 Å². The molecule has 1 aliphatic carbocycles. The van der Waals surface area contributed by atoms with Gasteiger partial charge in [0.25, 0.3) is 0 Å². The highest BCUT2D eigenvalue weighted by Gasteiger charge is 2.39. The maximum Gasteiger partial charge on any atom is 0.407 e. The van der Waals surface area contributed by atoms with Gasteiger partial charge in [0.2, 0.25) is 5.43 Å². The first kappa shape index (κ1) is 23.9. The maximum atomic E-state index is 15.9. The number of hydrogen-bond donors (Lipinski definition) is 3. The van der Waals surface area contributed by atoms with E-state index in [0.29, 0.717) is 19.3 Å². The molecule has 11 heteroatoms. The molecule has 1 saturated heterocycles. The Morgan fingerprint density at radius 2 is 1.91 bits per heavy atom. The first-order chi connectivity index (χ1) is 15.9. The minimum Gasteiger partial charge on any atom is -0.477 e. The minimum atomic E-state index is -1.47. The van der Waals surface area contributed by atoms with Crippen LogP contribution in [-0.2, 0) is 4.74 Å². The summed E-state index contributed by atoms with van der Waals surface area (Å²) >= 11 is 0. The summed E-state index contributed by atoms with van der Waals surface area (Å²) in [7, 11) is 0. The zero-order chi connectivity index (χ0) is 24.9. The lowest BCUT2D eigenvalue weighted by Gasteiger charge is -2.30. The van der Waals surface area contributed by atoms with Crippen LogP contribution in [0.15, 0.2) is 17.1 Å². The predicted octanol–water partition coefficient (Wildman–Crippen LogP) is 2.78. The van der Waals surface area contributed by atoms with Crippen molar-refractivity contribution >= 4 is 28.7 Å². The number of nitrogens with zero attached hydrogens (tertiary/aromatic N) is 2. The molecular formula is C23H27F2N3O6. The first-order valence-corrected chi connectivity index (χ1v) is 11.1. The molecule has 1 amide bonds. The Labute approximate surface area is 193 Å². The number of nitrogens with one attached hydrogen (secondary N) is 1. The highest BCUT2D eigenvalue weighted by atomic mass is 19.1.